The van der Waals surface area contributed by atoms with Crippen molar-refractivity contribution in [1.82, 2.24) is 0 Å². The minimum Gasteiger partial charge on any atom is -0.496 e. The normalized spacial score (nSPS) is 9.50. The summed E-state index contributed by atoms with van der Waals surface area (Å²) in [5, 5.41) is 0. The van der Waals surface area contributed by atoms with Gasteiger partial charge in [-0.25, -0.2) is 0 Å². The number of methoxy groups -OCH3 is 1. The van der Waals surface area contributed by atoms with Gasteiger partial charge in [0.1, 0.15) is 12.0 Å². The first-order valence-electron chi connectivity index (χ1n) is 3.54. The Kier molecular flexibility index (Phi) is 3.29. The van der Waals surface area contributed by atoms with Gasteiger partial charge in [-0.2, -0.15) is 0 Å². The van der Waals surface area contributed by atoms with E-state index in [0.717, 1.165) is 22.1 Å². The Hall–Kier alpha value is -0.830. The minimum absolute atomic E-state index is 0.391. The van der Waals surface area contributed by atoms with Gasteiger partial charge in [0.15, 0.2) is 0 Å². The second kappa shape index (κ2) is 4.26. The largest absolute Gasteiger partial charge is 0.496 e. The van der Waals surface area contributed by atoms with E-state index >= 15 is 0 Å². The summed E-state index contributed by atoms with van der Waals surface area (Å²) in [6, 6.07) is 5.60. The van der Waals surface area contributed by atoms with Gasteiger partial charge in [-0.05, 0) is 18.2 Å². The van der Waals surface area contributed by atoms with E-state index in [0.29, 0.717) is 6.42 Å². The molecule has 0 fully saturated rings. The van der Waals surface area contributed by atoms with E-state index in [-0.39, 0.29) is 0 Å². The zero-order valence-corrected chi connectivity index (χ0v) is 8.30. The van der Waals surface area contributed by atoms with Crippen molar-refractivity contribution in [3.05, 3.63) is 28.2 Å². The zero-order chi connectivity index (χ0) is 8.97. The molecule has 0 unspecified atom stereocenters. The standard InChI is InChI=1S/C9H9BrO2/c1-12-9-3-2-8(10)6-7(9)4-5-11/h2-3,5-6H,4H2,1H3. The Labute approximate surface area is 79.7 Å². The van der Waals surface area contributed by atoms with Gasteiger partial charge in [-0.1, -0.05) is 15.9 Å². The third-order valence-electron chi connectivity index (χ3n) is 1.55. The van der Waals surface area contributed by atoms with Crippen LogP contribution in [0.15, 0.2) is 22.7 Å². The van der Waals surface area contributed by atoms with E-state index < -0.39 is 0 Å². The third-order valence-corrected chi connectivity index (χ3v) is 2.04. The van der Waals surface area contributed by atoms with Crippen molar-refractivity contribution < 1.29 is 9.53 Å². The smallest absolute Gasteiger partial charge is 0.124 e. The molecule has 0 aliphatic heterocycles. The summed E-state index contributed by atoms with van der Waals surface area (Å²) in [5.41, 5.74) is 0.905. The van der Waals surface area contributed by atoms with E-state index in [1.165, 1.54) is 0 Å². The van der Waals surface area contributed by atoms with E-state index in [2.05, 4.69) is 15.9 Å². The van der Waals surface area contributed by atoms with E-state index in [4.69, 9.17) is 4.74 Å². The molecule has 1 aromatic carbocycles. The maximum absolute atomic E-state index is 10.3. The van der Waals surface area contributed by atoms with E-state index in [1.807, 2.05) is 18.2 Å². The molecule has 0 amide bonds. The Morgan fingerprint density at radius 3 is 2.92 bits per heavy atom. The molecule has 2 nitrogen and oxygen atoms in total. The fraction of sp³-hybridized carbons (Fsp3) is 0.222. The van der Waals surface area contributed by atoms with Gasteiger partial charge in [0.05, 0.1) is 7.11 Å². The maximum Gasteiger partial charge on any atom is 0.124 e. The van der Waals surface area contributed by atoms with Crippen LogP contribution in [0.2, 0.25) is 0 Å². The summed E-state index contributed by atoms with van der Waals surface area (Å²) in [6.07, 6.45) is 1.26. The average molecular weight is 229 g/mol. The van der Waals surface area contributed by atoms with Gasteiger partial charge in [0.2, 0.25) is 0 Å². The predicted octanol–water partition coefficient (Wildman–Crippen LogP) is 2.20. The number of rotatable bonds is 3. The molecule has 0 aromatic heterocycles. The molecule has 0 bridgehead atoms. The highest BCUT2D eigenvalue weighted by atomic mass is 79.9. The van der Waals surface area contributed by atoms with Crippen molar-refractivity contribution in [3.8, 4) is 5.75 Å². The fourth-order valence-electron chi connectivity index (χ4n) is 0.996. The molecule has 12 heavy (non-hydrogen) atoms. The summed E-state index contributed by atoms with van der Waals surface area (Å²) in [7, 11) is 1.59. The topological polar surface area (TPSA) is 26.3 Å². The Balaban J connectivity index is 3.03. The lowest BCUT2D eigenvalue weighted by Crippen LogP contribution is -1.92. The molecule has 0 atom stereocenters. The average Bonchev–Trinajstić information content (AvgIpc) is 2.05. The highest BCUT2D eigenvalue weighted by molar-refractivity contribution is 9.10. The molecule has 0 radical (unpaired) electrons. The lowest BCUT2D eigenvalue weighted by Gasteiger charge is -2.05. The number of carbonyl (C=O) groups is 1. The van der Waals surface area contributed by atoms with Gasteiger partial charge in [0, 0.05) is 16.5 Å². The summed E-state index contributed by atoms with van der Waals surface area (Å²) >= 11 is 3.32. The van der Waals surface area contributed by atoms with E-state index in [1.54, 1.807) is 7.11 Å². The Morgan fingerprint density at radius 2 is 2.33 bits per heavy atom. The number of carbonyl (C=O) groups excluding carboxylic acids is 1. The van der Waals surface area contributed by atoms with Crippen LogP contribution in [0.1, 0.15) is 5.56 Å². The van der Waals surface area contributed by atoms with Crippen molar-refractivity contribution in [2.45, 2.75) is 6.42 Å². The van der Waals surface area contributed by atoms with Gasteiger partial charge in [-0.3, -0.25) is 0 Å². The molecule has 0 saturated heterocycles. The number of ether oxygens (including phenoxy) is 1. The second-order valence-electron chi connectivity index (χ2n) is 2.33. The van der Waals surface area contributed by atoms with Crippen molar-refractivity contribution in [2.24, 2.45) is 0 Å². The number of halogens is 1. The van der Waals surface area contributed by atoms with Gasteiger partial charge in [0.25, 0.3) is 0 Å². The van der Waals surface area contributed by atoms with Gasteiger partial charge in [-0.15, -0.1) is 0 Å². The summed E-state index contributed by atoms with van der Waals surface area (Å²) in [5.74, 6) is 0.755. The zero-order valence-electron chi connectivity index (χ0n) is 6.71. The summed E-state index contributed by atoms with van der Waals surface area (Å²) < 4.78 is 6.03. The number of benzene rings is 1. The molecular weight excluding hydrogens is 220 g/mol. The molecule has 0 saturated carbocycles. The minimum atomic E-state index is 0.391. The number of hydrogen-bond acceptors (Lipinski definition) is 2. The summed E-state index contributed by atoms with van der Waals surface area (Å²) in [4.78, 5) is 10.3. The van der Waals surface area contributed by atoms with Crippen molar-refractivity contribution in [1.29, 1.82) is 0 Å². The van der Waals surface area contributed by atoms with E-state index in [9.17, 15) is 4.79 Å². The molecule has 1 rings (SSSR count). The van der Waals surface area contributed by atoms with Crippen LogP contribution >= 0.6 is 15.9 Å². The van der Waals surface area contributed by atoms with Crippen molar-refractivity contribution in [2.75, 3.05) is 7.11 Å². The Morgan fingerprint density at radius 1 is 1.58 bits per heavy atom. The van der Waals surface area contributed by atoms with Crippen molar-refractivity contribution in [3.63, 3.8) is 0 Å². The maximum atomic E-state index is 10.3. The highest BCUT2D eigenvalue weighted by Gasteiger charge is 2.01. The molecule has 1 aromatic rings. The molecule has 0 aliphatic carbocycles. The van der Waals surface area contributed by atoms with Crippen molar-refractivity contribution >= 4 is 22.2 Å². The monoisotopic (exact) mass is 228 g/mol. The number of aldehydes is 1. The highest BCUT2D eigenvalue weighted by Crippen LogP contribution is 2.22. The molecule has 0 spiro atoms. The fourth-order valence-corrected chi connectivity index (χ4v) is 1.40. The van der Waals surface area contributed by atoms with Crippen LogP contribution in [-0.2, 0) is 11.2 Å². The molecular formula is C9H9BrO2. The molecule has 0 heterocycles. The Bertz CT molecular complexity index is 284. The van der Waals surface area contributed by atoms with Crippen LogP contribution in [-0.4, -0.2) is 13.4 Å². The number of hydrogen-bond donors (Lipinski definition) is 0. The first kappa shape index (κ1) is 9.26. The molecule has 0 N–H and O–H groups in total. The van der Waals surface area contributed by atoms with Crippen LogP contribution in [0, 0.1) is 0 Å². The SMILES string of the molecule is COc1ccc(Br)cc1CC=O. The first-order chi connectivity index (χ1) is 5.77. The quantitative estimate of drug-likeness (QED) is 0.742. The molecule has 64 valence electrons. The lowest BCUT2D eigenvalue weighted by molar-refractivity contribution is -0.107. The summed E-state index contributed by atoms with van der Waals surface area (Å²) in [6.45, 7) is 0. The molecule has 3 heteroatoms. The first-order valence-corrected chi connectivity index (χ1v) is 4.33. The van der Waals surface area contributed by atoms with Crippen LogP contribution in [0.5, 0.6) is 5.75 Å². The second-order valence-corrected chi connectivity index (χ2v) is 3.24. The molecule has 0 aliphatic rings. The van der Waals surface area contributed by atoms with Gasteiger partial charge >= 0.3 is 0 Å². The predicted molar refractivity (Wildman–Crippen MR) is 50.5 cm³/mol. The lowest BCUT2D eigenvalue weighted by atomic mass is 10.1. The third kappa shape index (κ3) is 2.08. The van der Waals surface area contributed by atoms with Crippen LogP contribution < -0.4 is 4.74 Å². The van der Waals surface area contributed by atoms with Gasteiger partial charge < -0.3 is 9.53 Å². The van der Waals surface area contributed by atoms with Crippen LogP contribution in [0.4, 0.5) is 0 Å². The van der Waals surface area contributed by atoms with Crippen LogP contribution in [0.25, 0.3) is 0 Å². The van der Waals surface area contributed by atoms with Crippen LogP contribution in [0.3, 0.4) is 0 Å².